The van der Waals surface area contributed by atoms with Crippen molar-refractivity contribution in [3.63, 3.8) is 0 Å². The van der Waals surface area contributed by atoms with Gasteiger partial charge in [0.05, 0.1) is 13.2 Å². The van der Waals surface area contributed by atoms with E-state index in [1.807, 2.05) is 6.92 Å². The minimum absolute atomic E-state index is 0.521. The molecule has 2 fully saturated rings. The van der Waals surface area contributed by atoms with Gasteiger partial charge in [-0.15, -0.1) is 0 Å². The fraction of sp³-hybridized carbons (Fsp3) is 0.647. The summed E-state index contributed by atoms with van der Waals surface area (Å²) in [4.78, 5) is 17.9. The number of aromatic nitrogens is 4. The van der Waals surface area contributed by atoms with Gasteiger partial charge in [-0.25, -0.2) is 9.97 Å². The van der Waals surface area contributed by atoms with E-state index >= 15 is 0 Å². The quantitative estimate of drug-likeness (QED) is 0.825. The first-order valence-electron chi connectivity index (χ1n) is 8.97. The Morgan fingerprint density at radius 1 is 1.12 bits per heavy atom. The molecule has 1 unspecified atom stereocenters. The molecule has 0 radical (unpaired) electrons. The van der Waals surface area contributed by atoms with Crippen molar-refractivity contribution in [2.24, 2.45) is 5.92 Å². The molecule has 8 heteroatoms. The maximum atomic E-state index is 5.43. The van der Waals surface area contributed by atoms with Crippen LogP contribution in [0.15, 0.2) is 16.9 Å². The molecule has 0 aromatic carbocycles. The Morgan fingerprint density at radius 3 is 2.68 bits per heavy atom. The third-order valence-electron chi connectivity index (χ3n) is 4.86. The number of piperidine rings is 1. The van der Waals surface area contributed by atoms with Crippen LogP contribution in [0.5, 0.6) is 0 Å². The van der Waals surface area contributed by atoms with Gasteiger partial charge in [0.25, 0.3) is 0 Å². The zero-order valence-corrected chi connectivity index (χ0v) is 14.6. The first-order chi connectivity index (χ1) is 12.3. The number of hydrogen-bond acceptors (Lipinski definition) is 8. The minimum atomic E-state index is 0.521. The maximum absolute atomic E-state index is 5.43. The highest BCUT2D eigenvalue weighted by Gasteiger charge is 2.24. The lowest BCUT2D eigenvalue weighted by Gasteiger charge is -2.34. The summed E-state index contributed by atoms with van der Waals surface area (Å²) in [6, 6.07) is 2.10. The van der Waals surface area contributed by atoms with Crippen LogP contribution in [-0.4, -0.2) is 59.5 Å². The third-order valence-corrected chi connectivity index (χ3v) is 4.86. The number of nitrogens with zero attached hydrogens (tertiary/aromatic N) is 6. The highest BCUT2D eigenvalue weighted by Crippen LogP contribution is 2.25. The summed E-state index contributed by atoms with van der Waals surface area (Å²) in [7, 11) is 0. The van der Waals surface area contributed by atoms with Crippen molar-refractivity contribution in [1.29, 1.82) is 0 Å². The molecule has 0 N–H and O–H groups in total. The van der Waals surface area contributed by atoms with Gasteiger partial charge in [0, 0.05) is 45.6 Å². The third kappa shape index (κ3) is 3.89. The van der Waals surface area contributed by atoms with Crippen LogP contribution in [0.3, 0.4) is 0 Å². The Kier molecular flexibility index (Phi) is 4.78. The second-order valence-electron chi connectivity index (χ2n) is 6.72. The van der Waals surface area contributed by atoms with E-state index in [4.69, 9.17) is 9.26 Å². The topological polar surface area (TPSA) is 80.4 Å². The molecule has 0 bridgehead atoms. The molecular weight excluding hydrogens is 320 g/mol. The molecule has 2 aliphatic heterocycles. The number of hydrogen-bond donors (Lipinski definition) is 0. The van der Waals surface area contributed by atoms with Gasteiger partial charge in [0.2, 0.25) is 5.89 Å². The molecule has 2 saturated heterocycles. The van der Waals surface area contributed by atoms with Crippen LogP contribution in [0.2, 0.25) is 0 Å². The minimum Gasteiger partial charge on any atom is -0.378 e. The van der Waals surface area contributed by atoms with Crippen LogP contribution < -0.4 is 9.80 Å². The smallest absolute Gasteiger partial charge is 0.223 e. The van der Waals surface area contributed by atoms with Gasteiger partial charge in [-0.2, -0.15) is 4.98 Å². The lowest BCUT2D eigenvalue weighted by atomic mass is 9.94. The van der Waals surface area contributed by atoms with E-state index in [-0.39, 0.29) is 0 Å². The van der Waals surface area contributed by atoms with Gasteiger partial charge in [-0.05, 0) is 18.8 Å². The molecule has 0 aliphatic carbocycles. The van der Waals surface area contributed by atoms with E-state index in [0.717, 1.165) is 69.7 Å². The molecule has 2 aromatic heterocycles. The van der Waals surface area contributed by atoms with Crippen molar-refractivity contribution in [3.8, 4) is 0 Å². The highest BCUT2D eigenvalue weighted by atomic mass is 16.5. The molecule has 25 heavy (non-hydrogen) atoms. The molecule has 0 amide bonds. The predicted molar refractivity (Wildman–Crippen MR) is 92.7 cm³/mol. The van der Waals surface area contributed by atoms with E-state index in [9.17, 15) is 0 Å². The predicted octanol–water partition coefficient (Wildman–Crippen LogP) is 1.46. The van der Waals surface area contributed by atoms with Crippen molar-refractivity contribution in [2.75, 3.05) is 49.2 Å². The highest BCUT2D eigenvalue weighted by molar-refractivity contribution is 5.50. The lowest BCUT2D eigenvalue weighted by molar-refractivity contribution is 0.122. The Balaban J connectivity index is 1.43. The van der Waals surface area contributed by atoms with Crippen LogP contribution in [0.25, 0.3) is 0 Å². The SMILES string of the molecule is Cc1nc(CC2CCCN(c3cc(N4CCOCC4)ncn3)C2)no1. The standard InChI is InChI=1S/C17H24N6O2/c1-13-20-15(21-25-13)9-14-3-2-4-23(11-14)17-10-16(18-12-19-17)22-5-7-24-8-6-22/h10,12,14H,2-9,11H2,1H3. The molecule has 4 heterocycles. The van der Waals surface area contributed by atoms with Gasteiger partial charge in [0.15, 0.2) is 5.82 Å². The Bertz CT molecular complexity index is 700. The number of rotatable bonds is 4. The fourth-order valence-electron chi connectivity index (χ4n) is 3.60. The Morgan fingerprint density at radius 2 is 1.92 bits per heavy atom. The van der Waals surface area contributed by atoms with Gasteiger partial charge in [-0.1, -0.05) is 5.16 Å². The largest absolute Gasteiger partial charge is 0.378 e. The fourth-order valence-corrected chi connectivity index (χ4v) is 3.60. The number of anilines is 2. The maximum Gasteiger partial charge on any atom is 0.223 e. The summed E-state index contributed by atoms with van der Waals surface area (Å²) in [6.45, 7) is 7.11. The molecular formula is C17H24N6O2. The molecule has 1 atom stereocenters. The summed E-state index contributed by atoms with van der Waals surface area (Å²) < 4.78 is 10.5. The average molecular weight is 344 g/mol. The Labute approximate surface area is 147 Å². The lowest BCUT2D eigenvalue weighted by Crippen LogP contribution is -2.38. The molecule has 4 rings (SSSR count). The molecule has 134 valence electrons. The molecule has 8 nitrogen and oxygen atoms in total. The number of morpholine rings is 1. The van der Waals surface area contributed by atoms with Crippen molar-refractivity contribution in [3.05, 3.63) is 24.1 Å². The van der Waals surface area contributed by atoms with Gasteiger partial charge in [-0.3, -0.25) is 0 Å². The van der Waals surface area contributed by atoms with Crippen LogP contribution in [0.4, 0.5) is 11.6 Å². The monoisotopic (exact) mass is 344 g/mol. The van der Waals surface area contributed by atoms with E-state index < -0.39 is 0 Å². The van der Waals surface area contributed by atoms with Crippen LogP contribution in [-0.2, 0) is 11.2 Å². The second kappa shape index (κ2) is 7.35. The number of ether oxygens (including phenoxy) is 1. The van der Waals surface area contributed by atoms with Crippen LogP contribution in [0, 0.1) is 12.8 Å². The first kappa shape index (κ1) is 16.3. The molecule has 2 aliphatic rings. The summed E-state index contributed by atoms with van der Waals surface area (Å²) in [6.07, 6.45) is 4.87. The average Bonchev–Trinajstić information content (AvgIpc) is 3.07. The van der Waals surface area contributed by atoms with Gasteiger partial charge < -0.3 is 19.1 Å². The summed E-state index contributed by atoms with van der Waals surface area (Å²) >= 11 is 0. The van der Waals surface area contributed by atoms with E-state index in [0.29, 0.717) is 11.8 Å². The summed E-state index contributed by atoms with van der Waals surface area (Å²) in [5, 5.41) is 4.03. The molecule has 0 spiro atoms. The van der Waals surface area contributed by atoms with E-state index in [1.54, 1.807) is 6.33 Å². The van der Waals surface area contributed by atoms with E-state index in [1.165, 1.54) is 6.42 Å². The van der Waals surface area contributed by atoms with Crippen molar-refractivity contribution < 1.29 is 9.26 Å². The summed E-state index contributed by atoms with van der Waals surface area (Å²) in [5.41, 5.74) is 0. The van der Waals surface area contributed by atoms with Crippen molar-refractivity contribution in [1.82, 2.24) is 20.1 Å². The van der Waals surface area contributed by atoms with Crippen molar-refractivity contribution >= 4 is 11.6 Å². The van der Waals surface area contributed by atoms with Crippen LogP contribution in [0.1, 0.15) is 24.6 Å². The van der Waals surface area contributed by atoms with Crippen molar-refractivity contribution in [2.45, 2.75) is 26.2 Å². The van der Waals surface area contributed by atoms with Gasteiger partial charge >= 0.3 is 0 Å². The second-order valence-corrected chi connectivity index (χ2v) is 6.72. The number of aryl methyl sites for hydroxylation is 1. The first-order valence-corrected chi connectivity index (χ1v) is 8.97. The van der Waals surface area contributed by atoms with Gasteiger partial charge in [0.1, 0.15) is 18.0 Å². The molecule has 0 saturated carbocycles. The summed E-state index contributed by atoms with van der Waals surface area (Å²) in [5.74, 6) is 3.96. The van der Waals surface area contributed by atoms with Crippen LogP contribution >= 0.6 is 0 Å². The zero-order valence-electron chi connectivity index (χ0n) is 14.6. The van der Waals surface area contributed by atoms with E-state index in [2.05, 4.69) is 36.0 Å². The normalized spacial score (nSPS) is 21.6. The molecule has 2 aromatic rings. The Hall–Kier alpha value is -2.22. The zero-order chi connectivity index (χ0) is 17.1.